The van der Waals surface area contributed by atoms with Crippen molar-refractivity contribution in [1.29, 1.82) is 0 Å². The second kappa shape index (κ2) is 5.71. The third kappa shape index (κ3) is 4.18. The van der Waals surface area contributed by atoms with Crippen molar-refractivity contribution in [2.75, 3.05) is 13.6 Å². The van der Waals surface area contributed by atoms with Gasteiger partial charge in [0.25, 0.3) is 0 Å². The van der Waals surface area contributed by atoms with E-state index < -0.39 is 17.8 Å². The van der Waals surface area contributed by atoms with Gasteiger partial charge in [-0.1, -0.05) is 11.6 Å². The Balaban J connectivity index is 2.91. The molecule has 96 valence electrons. The first-order valence-electron chi connectivity index (χ1n) is 5.03. The molecular formula is C11H13ClF3NO. The number of aliphatic hydroxyl groups is 1. The van der Waals surface area contributed by atoms with Gasteiger partial charge in [0.15, 0.2) is 0 Å². The van der Waals surface area contributed by atoms with Gasteiger partial charge in [0.1, 0.15) is 0 Å². The molecule has 0 aromatic heterocycles. The van der Waals surface area contributed by atoms with Crippen LogP contribution < -0.4 is 5.32 Å². The summed E-state index contributed by atoms with van der Waals surface area (Å²) in [4.78, 5) is 0. The highest BCUT2D eigenvalue weighted by molar-refractivity contribution is 6.31. The summed E-state index contributed by atoms with van der Waals surface area (Å²) in [6, 6.07) is 3.10. The number of rotatable bonds is 4. The Morgan fingerprint density at radius 2 is 2.06 bits per heavy atom. The molecule has 0 aliphatic heterocycles. The van der Waals surface area contributed by atoms with Gasteiger partial charge in [0, 0.05) is 18.0 Å². The second-order valence-electron chi connectivity index (χ2n) is 3.72. The van der Waals surface area contributed by atoms with Crippen molar-refractivity contribution in [1.82, 2.24) is 5.32 Å². The van der Waals surface area contributed by atoms with E-state index in [0.717, 1.165) is 12.1 Å². The van der Waals surface area contributed by atoms with Gasteiger partial charge in [0.05, 0.1) is 11.7 Å². The van der Waals surface area contributed by atoms with Crippen LogP contribution in [0.5, 0.6) is 0 Å². The number of benzene rings is 1. The van der Waals surface area contributed by atoms with E-state index in [0.29, 0.717) is 12.1 Å². The second-order valence-corrected chi connectivity index (χ2v) is 4.13. The standard InChI is InChI=1S/C11H13ClF3NO/c1-16-6-9(17)5-7-4-8(11(13,14)15)2-3-10(7)12/h2-4,9,16-17H,5-6H2,1H3. The van der Waals surface area contributed by atoms with Crippen LogP contribution in [0.25, 0.3) is 0 Å². The third-order valence-electron chi connectivity index (χ3n) is 2.27. The van der Waals surface area contributed by atoms with Crippen LogP contribution in [0.1, 0.15) is 11.1 Å². The molecule has 0 aliphatic rings. The highest BCUT2D eigenvalue weighted by Crippen LogP contribution is 2.32. The molecular weight excluding hydrogens is 255 g/mol. The minimum Gasteiger partial charge on any atom is -0.391 e. The summed E-state index contributed by atoms with van der Waals surface area (Å²) < 4.78 is 37.4. The Labute approximate surface area is 102 Å². The molecule has 2 nitrogen and oxygen atoms in total. The molecule has 0 amide bonds. The molecule has 1 atom stereocenters. The van der Waals surface area contributed by atoms with Crippen LogP contribution in [-0.2, 0) is 12.6 Å². The van der Waals surface area contributed by atoms with Crippen molar-refractivity contribution < 1.29 is 18.3 Å². The van der Waals surface area contributed by atoms with Crippen molar-refractivity contribution in [3.8, 4) is 0 Å². The molecule has 0 heterocycles. The average Bonchev–Trinajstić information content (AvgIpc) is 2.20. The molecule has 0 saturated heterocycles. The van der Waals surface area contributed by atoms with Crippen LogP contribution in [-0.4, -0.2) is 24.8 Å². The van der Waals surface area contributed by atoms with Crippen molar-refractivity contribution in [2.45, 2.75) is 18.7 Å². The van der Waals surface area contributed by atoms with Gasteiger partial charge in [-0.15, -0.1) is 0 Å². The minimum atomic E-state index is -4.40. The number of alkyl halides is 3. The van der Waals surface area contributed by atoms with Gasteiger partial charge in [-0.3, -0.25) is 0 Å². The monoisotopic (exact) mass is 267 g/mol. The summed E-state index contributed by atoms with van der Waals surface area (Å²) in [6.45, 7) is 0.298. The van der Waals surface area contributed by atoms with Crippen LogP contribution in [0.4, 0.5) is 13.2 Å². The van der Waals surface area contributed by atoms with E-state index in [1.165, 1.54) is 6.07 Å². The Morgan fingerprint density at radius 1 is 1.41 bits per heavy atom. The van der Waals surface area contributed by atoms with Crippen LogP contribution in [0.2, 0.25) is 5.02 Å². The SMILES string of the molecule is CNCC(O)Cc1cc(C(F)(F)F)ccc1Cl. The normalized spacial score (nSPS) is 13.8. The summed E-state index contributed by atoms with van der Waals surface area (Å²) in [5.74, 6) is 0. The number of likely N-dealkylation sites (N-methyl/N-ethyl adjacent to an activating group) is 1. The van der Waals surface area contributed by atoms with Crippen LogP contribution in [0.15, 0.2) is 18.2 Å². The number of halogens is 4. The Bertz CT molecular complexity index is 381. The third-order valence-corrected chi connectivity index (χ3v) is 2.64. The molecule has 0 saturated carbocycles. The lowest BCUT2D eigenvalue weighted by atomic mass is 10.0. The predicted molar refractivity (Wildman–Crippen MR) is 60.1 cm³/mol. The van der Waals surface area contributed by atoms with Gasteiger partial charge >= 0.3 is 6.18 Å². The molecule has 0 fully saturated rings. The minimum absolute atomic E-state index is 0.0869. The van der Waals surface area contributed by atoms with Gasteiger partial charge in [-0.25, -0.2) is 0 Å². The maximum atomic E-state index is 12.5. The summed E-state index contributed by atoms with van der Waals surface area (Å²) in [5.41, 5.74) is -0.460. The zero-order chi connectivity index (χ0) is 13.1. The fourth-order valence-corrected chi connectivity index (χ4v) is 1.66. The zero-order valence-corrected chi connectivity index (χ0v) is 9.94. The molecule has 1 aromatic rings. The molecule has 17 heavy (non-hydrogen) atoms. The summed E-state index contributed by atoms with van der Waals surface area (Å²) in [5, 5.41) is 12.5. The molecule has 0 radical (unpaired) electrons. The number of hydrogen-bond acceptors (Lipinski definition) is 2. The van der Waals surface area contributed by atoms with Gasteiger partial charge < -0.3 is 10.4 Å². The van der Waals surface area contributed by atoms with E-state index in [1.807, 2.05) is 0 Å². The van der Waals surface area contributed by atoms with Crippen molar-refractivity contribution in [2.24, 2.45) is 0 Å². The van der Waals surface area contributed by atoms with Gasteiger partial charge in [-0.05, 0) is 30.8 Å². The van der Waals surface area contributed by atoms with Gasteiger partial charge in [0.2, 0.25) is 0 Å². The Hall–Kier alpha value is -0.780. The number of nitrogens with one attached hydrogen (secondary N) is 1. The Kier molecular flexibility index (Phi) is 4.80. The predicted octanol–water partition coefficient (Wildman–Crippen LogP) is 2.48. The molecule has 2 N–H and O–H groups in total. The van der Waals surface area contributed by atoms with Gasteiger partial charge in [-0.2, -0.15) is 13.2 Å². The lowest BCUT2D eigenvalue weighted by Crippen LogP contribution is -2.25. The zero-order valence-electron chi connectivity index (χ0n) is 9.18. The maximum Gasteiger partial charge on any atom is 0.416 e. The van der Waals surface area contributed by atoms with Crippen molar-refractivity contribution in [3.05, 3.63) is 34.3 Å². The molecule has 1 rings (SSSR count). The van der Waals surface area contributed by atoms with Crippen molar-refractivity contribution in [3.63, 3.8) is 0 Å². The summed E-state index contributed by atoms with van der Waals surface area (Å²) in [7, 11) is 1.65. The fraction of sp³-hybridized carbons (Fsp3) is 0.455. The van der Waals surface area contributed by atoms with Crippen molar-refractivity contribution >= 4 is 11.6 Å². The van der Waals surface area contributed by atoms with E-state index in [4.69, 9.17) is 11.6 Å². The smallest absolute Gasteiger partial charge is 0.391 e. The first kappa shape index (κ1) is 14.3. The summed E-state index contributed by atoms with van der Waals surface area (Å²) >= 11 is 5.79. The molecule has 1 aromatic carbocycles. The molecule has 0 spiro atoms. The van der Waals surface area contributed by atoms with E-state index in [9.17, 15) is 18.3 Å². The number of aliphatic hydroxyl groups excluding tert-OH is 1. The quantitative estimate of drug-likeness (QED) is 0.878. The largest absolute Gasteiger partial charge is 0.416 e. The average molecular weight is 268 g/mol. The highest BCUT2D eigenvalue weighted by atomic mass is 35.5. The van der Waals surface area contributed by atoms with E-state index in [1.54, 1.807) is 7.05 Å². The molecule has 1 unspecified atom stereocenters. The highest BCUT2D eigenvalue weighted by Gasteiger charge is 2.31. The van der Waals surface area contributed by atoms with E-state index in [-0.39, 0.29) is 11.4 Å². The summed E-state index contributed by atoms with van der Waals surface area (Å²) in [6.07, 6.45) is -5.07. The van der Waals surface area contributed by atoms with E-state index in [2.05, 4.69) is 5.32 Å². The van der Waals surface area contributed by atoms with Crippen LogP contribution >= 0.6 is 11.6 Å². The Morgan fingerprint density at radius 3 is 2.59 bits per heavy atom. The molecule has 0 aliphatic carbocycles. The topological polar surface area (TPSA) is 32.3 Å². The van der Waals surface area contributed by atoms with Crippen LogP contribution in [0, 0.1) is 0 Å². The lowest BCUT2D eigenvalue weighted by molar-refractivity contribution is -0.137. The maximum absolute atomic E-state index is 12.5. The first-order valence-corrected chi connectivity index (χ1v) is 5.40. The first-order chi connectivity index (χ1) is 7.84. The number of hydrogen-bond donors (Lipinski definition) is 2. The van der Waals surface area contributed by atoms with E-state index >= 15 is 0 Å². The molecule has 6 heteroatoms. The lowest BCUT2D eigenvalue weighted by Gasteiger charge is -2.13. The fourth-order valence-electron chi connectivity index (χ4n) is 1.47. The molecule has 0 bridgehead atoms. The van der Waals surface area contributed by atoms with Crippen LogP contribution in [0.3, 0.4) is 0 Å².